The van der Waals surface area contributed by atoms with Crippen molar-refractivity contribution in [2.24, 2.45) is 11.8 Å². The van der Waals surface area contributed by atoms with Crippen LogP contribution in [0.3, 0.4) is 0 Å². The summed E-state index contributed by atoms with van der Waals surface area (Å²) >= 11 is 0. The molecule has 1 saturated heterocycles. The van der Waals surface area contributed by atoms with Gasteiger partial charge in [-0.2, -0.15) is 0 Å². The Balaban J connectivity index is 1.75. The van der Waals surface area contributed by atoms with Crippen LogP contribution in [0, 0.1) is 11.8 Å². The van der Waals surface area contributed by atoms with Gasteiger partial charge in [-0.3, -0.25) is 9.59 Å². The van der Waals surface area contributed by atoms with Crippen LogP contribution in [0.4, 0.5) is 0 Å². The molecule has 0 radical (unpaired) electrons. The number of amides is 2. The molecule has 1 N–H and O–H groups in total. The minimum absolute atomic E-state index is 0.0317. The third kappa shape index (κ3) is 3.76. The van der Waals surface area contributed by atoms with Gasteiger partial charge in [-0.1, -0.05) is 26.8 Å². The van der Waals surface area contributed by atoms with Gasteiger partial charge in [-0.05, 0) is 30.0 Å². The Hall–Kier alpha value is -2.30. The van der Waals surface area contributed by atoms with E-state index in [0.717, 1.165) is 23.0 Å². The molecule has 5 nitrogen and oxygen atoms in total. The van der Waals surface area contributed by atoms with Crippen molar-refractivity contribution in [3.8, 4) is 0 Å². The molecule has 26 heavy (non-hydrogen) atoms. The van der Waals surface area contributed by atoms with E-state index in [-0.39, 0.29) is 23.8 Å². The minimum atomic E-state index is -0.0390. The number of nitrogens with zero attached hydrogens (tertiary/aromatic N) is 1. The van der Waals surface area contributed by atoms with Gasteiger partial charge < -0.3 is 14.6 Å². The number of carbonyl (C=O) groups is 2. The number of likely N-dealkylation sites (tertiary alicyclic amines) is 1. The Morgan fingerprint density at radius 3 is 2.73 bits per heavy atom. The van der Waals surface area contributed by atoms with Crippen LogP contribution in [-0.4, -0.2) is 35.8 Å². The van der Waals surface area contributed by atoms with Crippen molar-refractivity contribution in [3.63, 3.8) is 0 Å². The molecular weight excluding hydrogens is 328 g/mol. The minimum Gasteiger partial charge on any atom is -0.464 e. The summed E-state index contributed by atoms with van der Waals surface area (Å²) in [5.41, 5.74) is 2.99. The second-order valence-electron chi connectivity index (χ2n) is 7.64. The molecule has 1 fully saturated rings. The number of carbonyl (C=O) groups excluding carboxylic acids is 2. The summed E-state index contributed by atoms with van der Waals surface area (Å²) in [6, 6.07) is 6.18. The van der Waals surface area contributed by atoms with Crippen LogP contribution in [0.25, 0.3) is 11.0 Å². The smallest absolute Gasteiger partial charge is 0.227 e. The predicted octanol–water partition coefficient (Wildman–Crippen LogP) is 3.16. The Labute approximate surface area is 154 Å². The largest absolute Gasteiger partial charge is 0.464 e. The second-order valence-corrected chi connectivity index (χ2v) is 7.64. The lowest BCUT2D eigenvalue weighted by Gasteiger charge is -2.21. The van der Waals surface area contributed by atoms with Crippen LogP contribution in [0.1, 0.15) is 38.8 Å². The highest BCUT2D eigenvalue weighted by Crippen LogP contribution is 2.27. The highest BCUT2D eigenvalue weighted by Gasteiger charge is 2.37. The quantitative estimate of drug-likeness (QED) is 0.895. The van der Waals surface area contributed by atoms with Crippen molar-refractivity contribution < 1.29 is 14.0 Å². The van der Waals surface area contributed by atoms with Crippen LogP contribution < -0.4 is 5.32 Å². The monoisotopic (exact) mass is 356 g/mol. The normalized spacial score (nSPS) is 20.1. The van der Waals surface area contributed by atoms with Crippen molar-refractivity contribution in [1.82, 2.24) is 10.2 Å². The summed E-state index contributed by atoms with van der Waals surface area (Å²) in [5, 5.41) is 4.03. The number of nitrogens with one attached hydrogen (secondary N) is 1. The summed E-state index contributed by atoms with van der Waals surface area (Å²) in [5.74, 6) is 0.748. The predicted molar refractivity (Wildman–Crippen MR) is 102 cm³/mol. The third-order valence-electron chi connectivity index (χ3n) is 5.43. The Morgan fingerprint density at radius 2 is 2.08 bits per heavy atom. The molecule has 5 heteroatoms. The van der Waals surface area contributed by atoms with E-state index in [1.54, 1.807) is 6.26 Å². The maximum absolute atomic E-state index is 12.9. The Morgan fingerprint density at radius 1 is 1.31 bits per heavy atom. The molecule has 2 aromatic rings. The summed E-state index contributed by atoms with van der Waals surface area (Å²) in [6.45, 7) is 9.21. The van der Waals surface area contributed by atoms with Gasteiger partial charge in [0, 0.05) is 36.9 Å². The van der Waals surface area contributed by atoms with Gasteiger partial charge >= 0.3 is 0 Å². The van der Waals surface area contributed by atoms with Gasteiger partial charge in [0.15, 0.2) is 0 Å². The topological polar surface area (TPSA) is 62.6 Å². The van der Waals surface area contributed by atoms with Gasteiger partial charge in [0.1, 0.15) is 5.58 Å². The Bertz CT molecular complexity index is 809. The number of fused-ring (bicyclic) bond motifs is 1. The van der Waals surface area contributed by atoms with Crippen molar-refractivity contribution in [1.29, 1.82) is 0 Å². The van der Waals surface area contributed by atoms with E-state index in [9.17, 15) is 9.59 Å². The van der Waals surface area contributed by atoms with Crippen molar-refractivity contribution in [2.45, 2.75) is 46.6 Å². The van der Waals surface area contributed by atoms with Crippen molar-refractivity contribution >= 4 is 22.8 Å². The van der Waals surface area contributed by atoms with Crippen LogP contribution in [-0.2, 0) is 22.4 Å². The average Bonchev–Trinajstić information content (AvgIpc) is 3.18. The van der Waals surface area contributed by atoms with E-state index in [2.05, 4.69) is 38.2 Å². The number of hydrogen-bond donors (Lipinski definition) is 1. The molecule has 1 aliphatic heterocycles. The van der Waals surface area contributed by atoms with Gasteiger partial charge in [-0.25, -0.2) is 0 Å². The van der Waals surface area contributed by atoms with Crippen LogP contribution in [0.2, 0.25) is 0 Å². The highest BCUT2D eigenvalue weighted by atomic mass is 16.3. The molecule has 1 aromatic carbocycles. The first-order valence-electron chi connectivity index (χ1n) is 9.43. The number of furan rings is 1. The van der Waals surface area contributed by atoms with E-state index >= 15 is 0 Å². The lowest BCUT2D eigenvalue weighted by atomic mass is 9.91. The van der Waals surface area contributed by atoms with Gasteiger partial charge in [0.2, 0.25) is 11.8 Å². The van der Waals surface area contributed by atoms with Gasteiger partial charge in [0.25, 0.3) is 0 Å². The maximum atomic E-state index is 12.9. The fraction of sp³-hybridized carbons (Fsp3) is 0.524. The first kappa shape index (κ1) is 18.5. The molecule has 3 rings (SSSR count). The molecule has 2 amide bonds. The zero-order valence-corrected chi connectivity index (χ0v) is 16.0. The molecule has 1 aromatic heterocycles. The molecule has 0 bridgehead atoms. The summed E-state index contributed by atoms with van der Waals surface area (Å²) in [7, 11) is 0. The molecule has 0 saturated carbocycles. The fourth-order valence-corrected chi connectivity index (χ4v) is 3.88. The number of aryl methyl sites for hydroxylation is 1. The zero-order valence-electron chi connectivity index (χ0n) is 16.0. The van der Waals surface area contributed by atoms with E-state index in [1.165, 1.54) is 12.5 Å². The fourth-order valence-electron chi connectivity index (χ4n) is 3.88. The molecule has 2 heterocycles. The third-order valence-corrected chi connectivity index (χ3v) is 5.43. The number of rotatable bonds is 5. The van der Waals surface area contributed by atoms with E-state index in [1.807, 2.05) is 11.0 Å². The second kappa shape index (κ2) is 7.52. The first-order valence-corrected chi connectivity index (χ1v) is 9.43. The van der Waals surface area contributed by atoms with E-state index in [0.29, 0.717) is 25.4 Å². The summed E-state index contributed by atoms with van der Waals surface area (Å²) in [6.07, 6.45) is 2.98. The van der Waals surface area contributed by atoms with E-state index < -0.39 is 0 Å². The lowest BCUT2D eigenvalue weighted by molar-refractivity contribution is -0.130. The molecule has 0 unspecified atom stereocenters. The van der Waals surface area contributed by atoms with E-state index in [4.69, 9.17) is 4.42 Å². The van der Waals surface area contributed by atoms with Gasteiger partial charge in [-0.15, -0.1) is 0 Å². The summed E-state index contributed by atoms with van der Waals surface area (Å²) < 4.78 is 5.62. The highest BCUT2D eigenvalue weighted by molar-refractivity contribution is 5.88. The SMILES string of the molecule is CCc1ccc2occ(CC(=O)N3C[C@@H](NC(C)=O)[C@H](C(C)C)C3)c2c1. The number of benzene rings is 1. The lowest BCUT2D eigenvalue weighted by Crippen LogP contribution is -2.41. The average molecular weight is 356 g/mol. The molecule has 1 aliphatic rings. The molecule has 0 spiro atoms. The molecule has 0 aliphatic carbocycles. The molecule has 140 valence electrons. The molecular formula is C21H28N2O3. The maximum Gasteiger partial charge on any atom is 0.227 e. The standard InChI is InChI=1S/C21H28N2O3/c1-5-15-6-7-20-17(8-15)16(12-26-20)9-21(25)23-10-18(13(2)3)19(11-23)22-14(4)24/h6-8,12-13,18-19H,5,9-11H2,1-4H3,(H,22,24)/t18-,19+/m0/s1. The van der Waals surface area contributed by atoms with Crippen molar-refractivity contribution in [2.75, 3.05) is 13.1 Å². The molecule has 2 atom stereocenters. The summed E-state index contributed by atoms with van der Waals surface area (Å²) in [4.78, 5) is 26.2. The Kier molecular flexibility index (Phi) is 5.35. The zero-order chi connectivity index (χ0) is 18.8. The number of hydrogen-bond acceptors (Lipinski definition) is 3. The van der Waals surface area contributed by atoms with Crippen molar-refractivity contribution in [3.05, 3.63) is 35.6 Å². The van der Waals surface area contributed by atoms with Crippen LogP contribution >= 0.6 is 0 Å². The first-order chi connectivity index (χ1) is 12.4. The van der Waals surface area contributed by atoms with Crippen LogP contribution in [0.5, 0.6) is 0 Å². The van der Waals surface area contributed by atoms with Crippen LogP contribution in [0.15, 0.2) is 28.9 Å². The van der Waals surface area contributed by atoms with Gasteiger partial charge in [0.05, 0.1) is 18.7 Å².